The molecule has 0 saturated heterocycles. The quantitative estimate of drug-likeness (QED) is 0.885. The van der Waals surface area contributed by atoms with Crippen molar-refractivity contribution in [3.63, 3.8) is 0 Å². The highest BCUT2D eigenvalue weighted by atomic mass is 32.1. The van der Waals surface area contributed by atoms with Crippen molar-refractivity contribution in [3.8, 4) is 5.75 Å². The molecule has 1 unspecified atom stereocenters. The summed E-state index contributed by atoms with van der Waals surface area (Å²) in [7, 11) is 0. The van der Waals surface area contributed by atoms with Crippen molar-refractivity contribution < 1.29 is 4.74 Å². The number of hydrogen-bond acceptors (Lipinski definition) is 5. The van der Waals surface area contributed by atoms with E-state index in [9.17, 15) is 0 Å². The molecule has 0 spiro atoms. The molecule has 0 aliphatic carbocycles. The number of para-hydroxylation sites is 1. The lowest BCUT2D eigenvalue weighted by atomic mass is 10.0. The normalized spacial score (nSPS) is 12.7. The van der Waals surface area contributed by atoms with Gasteiger partial charge in [-0.2, -0.15) is 0 Å². The van der Waals surface area contributed by atoms with Gasteiger partial charge in [0.25, 0.3) is 0 Å². The third kappa shape index (κ3) is 3.16. The number of nitrogens with zero attached hydrogens (tertiary/aromatic N) is 2. The summed E-state index contributed by atoms with van der Waals surface area (Å²) in [5.41, 5.74) is 8.40. The number of nitrogens with two attached hydrogens (primary N) is 1. The van der Waals surface area contributed by atoms with Crippen LogP contribution in [0.3, 0.4) is 0 Å². The standard InChI is InChI=1S/C15H21N3OS/c1-4-9-19-12-8-6-5-7-11(12)13(16)15-14(10(2)3)17-18-20-15/h5-8,10,13H,4,9,16H2,1-3H3. The Hall–Kier alpha value is -1.46. The van der Waals surface area contributed by atoms with Gasteiger partial charge in [0.05, 0.1) is 23.2 Å². The van der Waals surface area contributed by atoms with E-state index in [-0.39, 0.29) is 6.04 Å². The van der Waals surface area contributed by atoms with Gasteiger partial charge in [-0.1, -0.05) is 43.5 Å². The van der Waals surface area contributed by atoms with Crippen molar-refractivity contribution in [2.75, 3.05) is 6.61 Å². The van der Waals surface area contributed by atoms with E-state index < -0.39 is 0 Å². The fourth-order valence-electron chi connectivity index (χ4n) is 2.04. The van der Waals surface area contributed by atoms with E-state index in [1.54, 1.807) is 0 Å². The summed E-state index contributed by atoms with van der Waals surface area (Å²) >= 11 is 1.37. The first-order valence-electron chi connectivity index (χ1n) is 6.94. The van der Waals surface area contributed by atoms with Crippen LogP contribution in [-0.4, -0.2) is 16.2 Å². The topological polar surface area (TPSA) is 61.0 Å². The average Bonchev–Trinajstić information content (AvgIpc) is 2.94. The first-order chi connectivity index (χ1) is 9.65. The van der Waals surface area contributed by atoms with Gasteiger partial charge in [0, 0.05) is 5.56 Å². The third-order valence-corrected chi connectivity index (χ3v) is 3.91. The van der Waals surface area contributed by atoms with Gasteiger partial charge in [-0.15, -0.1) is 5.10 Å². The molecule has 0 radical (unpaired) electrons. The van der Waals surface area contributed by atoms with E-state index in [1.807, 2.05) is 24.3 Å². The van der Waals surface area contributed by atoms with E-state index in [0.717, 1.165) is 28.3 Å². The Balaban J connectivity index is 2.33. The lowest BCUT2D eigenvalue weighted by molar-refractivity contribution is 0.313. The molecule has 0 fully saturated rings. The fraction of sp³-hybridized carbons (Fsp3) is 0.467. The van der Waals surface area contributed by atoms with Crippen molar-refractivity contribution in [1.29, 1.82) is 0 Å². The van der Waals surface area contributed by atoms with Crippen LogP contribution in [0.4, 0.5) is 0 Å². The highest BCUT2D eigenvalue weighted by Crippen LogP contribution is 2.33. The Labute approximate surface area is 124 Å². The molecule has 2 N–H and O–H groups in total. The molecule has 2 rings (SSSR count). The van der Waals surface area contributed by atoms with Crippen molar-refractivity contribution in [1.82, 2.24) is 9.59 Å². The summed E-state index contributed by atoms with van der Waals surface area (Å²) in [6.45, 7) is 6.99. The molecule has 4 nitrogen and oxygen atoms in total. The predicted octanol–water partition coefficient (Wildman–Crippen LogP) is 3.50. The zero-order chi connectivity index (χ0) is 14.5. The SMILES string of the molecule is CCCOc1ccccc1C(N)c1snnc1C(C)C. The molecule has 0 aliphatic heterocycles. The molecular weight excluding hydrogens is 270 g/mol. The molecule has 0 aliphatic rings. The molecule has 1 atom stereocenters. The van der Waals surface area contributed by atoms with Gasteiger partial charge in [0.1, 0.15) is 5.75 Å². The van der Waals surface area contributed by atoms with Crippen LogP contribution < -0.4 is 10.5 Å². The lowest BCUT2D eigenvalue weighted by Gasteiger charge is -2.17. The van der Waals surface area contributed by atoms with Crippen LogP contribution >= 0.6 is 11.5 Å². The maximum atomic E-state index is 6.42. The minimum Gasteiger partial charge on any atom is -0.493 e. The highest BCUT2D eigenvalue weighted by molar-refractivity contribution is 7.05. The number of aromatic nitrogens is 2. The van der Waals surface area contributed by atoms with Crippen LogP contribution in [-0.2, 0) is 0 Å². The van der Waals surface area contributed by atoms with Crippen LogP contribution in [0, 0.1) is 0 Å². The second-order valence-electron chi connectivity index (χ2n) is 5.04. The van der Waals surface area contributed by atoms with Gasteiger partial charge in [-0.3, -0.25) is 0 Å². The lowest BCUT2D eigenvalue weighted by Crippen LogP contribution is -2.14. The maximum absolute atomic E-state index is 6.42. The Kier molecular flexibility index (Phi) is 5.09. The summed E-state index contributed by atoms with van der Waals surface area (Å²) in [6.07, 6.45) is 0.975. The second kappa shape index (κ2) is 6.81. The molecule has 0 saturated carbocycles. The molecule has 0 bridgehead atoms. The molecule has 0 amide bonds. The highest BCUT2D eigenvalue weighted by Gasteiger charge is 2.21. The molecule has 5 heteroatoms. The fourth-order valence-corrected chi connectivity index (χ4v) is 2.87. The Bertz CT molecular complexity index is 554. The molecule has 1 aromatic carbocycles. The summed E-state index contributed by atoms with van der Waals surface area (Å²) in [5.74, 6) is 1.17. The first-order valence-corrected chi connectivity index (χ1v) is 7.72. The van der Waals surface area contributed by atoms with Crippen LogP contribution in [0.2, 0.25) is 0 Å². The van der Waals surface area contributed by atoms with Crippen molar-refractivity contribution >= 4 is 11.5 Å². The van der Waals surface area contributed by atoms with Gasteiger partial charge in [-0.25, -0.2) is 0 Å². The van der Waals surface area contributed by atoms with Crippen LogP contribution in [0.1, 0.15) is 55.3 Å². The van der Waals surface area contributed by atoms with E-state index in [2.05, 4.69) is 30.4 Å². The Morgan fingerprint density at radius 2 is 2.05 bits per heavy atom. The van der Waals surface area contributed by atoms with Crippen LogP contribution in [0.5, 0.6) is 5.75 Å². The van der Waals surface area contributed by atoms with E-state index >= 15 is 0 Å². The minimum absolute atomic E-state index is 0.236. The third-order valence-electron chi connectivity index (χ3n) is 3.09. The largest absolute Gasteiger partial charge is 0.493 e. The monoisotopic (exact) mass is 291 g/mol. The summed E-state index contributed by atoms with van der Waals surface area (Å²) in [6, 6.07) is 7.70. The average molecular weight is 291 g/mol. The van der Waals surface area contributed by atoms with Crippen LogP contribution in [0.25, 0.3) is 0 Å². The summed E-state index contributed by atoms with van der Waals surface area (Å²) in [4.78, 5) is 1.02. The maximum Gasteiger partial charge on any atom is 0.124 e. The molecule has 108 valence electrons. The summed E-state index contributed by atoms with van der Waals surface area (Å²) < 4.78 is 9.84. The molecular formula is C15H21N3OS. The summed E-state index contributed by atoms with van der Waals surface area (Å²) in [5, 5.41) is 4.20. The van der Waals surface area contributed by atoms with Gasteiger partial charge in [-0.05, 0) is 29.9 Å². The molecule has 1 heterocycles. The molecule has 20 heavy (non-hydrogen) atoms. The Morgan fingerprint density at radius 3 is 2.75 bits per heavy atom. The molecule has 2 aromatic rings. The zero-order valence-electron chi connectivity index (χ0n) is 12.2. The van der Waals surface area contributed by atoms with Gasteiger partial charge in [0.2, 0.25) is 0 Å². The minimum atomic E-state index is -0.236. The van der Waals surface area contributed by atoms with Crippen LogP contribution in [0.15, 0.2) is 24.3 Å². The smallest absolute Gasteiger partial charge is 0.124 e. The van der Waals surface area contributed by atoms with Crippen molar-refractivity contribution in [3.05, 3.63) is 40.4 Å². The second-order valence-corrected chi connectivity index (χ2v) is 5.83. The van der Waals surface area contributed by atoms with E-state index in [4.69, 9.17) is 10.5 Å². The number of benzene rings is 1. The van der Waals surface area contributed by atoms with Crippen molar-refractivity contribution in [2.24, 2.45) is 5.73 Å². The Morgan fingerprint density at radius 1 is 1.30 bits per heavy atom. The van der Waals surface area contributed by atoms with E-state index in [0.29, 0.717) is 12.5 Å². The zero-order valence-corrected chi connectivity index (χ0v) is 13.0. The molecule has 1 aromatic heterocycles. The first kappa shape index (κ1) is 14.9. The number of hydrogen-bond donors (Lipinski definition) is 1. The van der Waals surface area contributed by atoms with Gasteiger partial charge in [0.15, 0.2) is 0 Å². The van der Waals surface area contributed by atoms with Crippen molar-refractivity contribution in [2.45, 2.75) is 39.2 Å². The van der Waals surface area contributed by atoms with Gasteiger partial charge >= 0.3 is 0 Å². The van der Waals surface area contributed by atoms with Gasteiger partial charge < -0.3 is 10.5 Å². The predicted molar refractivity (Wildman–Crippen MR) is 82.3 cm³/mol. The number of ether oxygens (including phenoxy) is 1. The van der Waals surface area contributed by atoms with E-state index in [1.165, 1.54) is 11.5 Å². The number of rotatable bonds is 6.